The minimum Gasteiger partial charge on any atom is -0.371 e. The number of benzene rings is 1. The molecule has 1 saturated heterocycles. The molecule has 1 heterocycles. The van der Waals surface area contributed by atoms with E-state index in [0.29, 0.717) is 6.04 Å². The smallest absolute Gasteiger partial charge is 0.0991 e. The van der Waals surface area contributed by atoms with Crippen molar-refractivity contribution in [3.63, 3.8) is 0 Å². The molecule has 2 N–H and O–H groups in total. The minimum absolute atomic E-state index is 0.430. The molecule has 1 aliphatic carbocycles. The zero-order valence-corrected chi connectivity index (χ0v) is 13.4. The largest absolute Gasteiger partial charge is 0.371 e. The van der Waals surface area contributed by atoms with Gasteiger partial charge in [-0.25, -0.2) is 0 Å². The van der Waals surface area contributed by atoms with Crippen LogP contribution < -0.4 is 10.6 Å². The maximum atomic E-state index is 8.91. The number of hydrogen-bond donors (Lipinski definition) is 1. The van der Waals surface area contributed by atoms with Gasteiger partial charge in [0.05, 0.1) is 11.6 Å². The van der Waals surface area contributed by atoms with Crippen LogP contribution in [0.2, 0.25) is 0 Å². The third kappa shape index (κ3) is 3.62. The average Bonchev–Trinajstić information content (AvgIpc) is 2.57. The Labute approximate surface area is 134 Å². The van der Waals surface area contributed by atoms with Crippen LogP contribution in [0, 0.1) is 23.2 Å². The molecule has 3 nitrogen and oxygen atoms in total. The van der Waals surface area contributed by atoms with Crippen molar-refractivity contribution in [2.24, 2.45) is 17.6 Å². The summed E-state index contributed by atoms with van der Waals surface area (Å²) in [5.41, 5.74) is 8.33. The number of piperidine rings is 1. The van der Waals surface area contributed by atoms with E-state index in [0.717, 1.165) is 30.5 Å². The van der Waals surface area contributed by atoms with Gasteiger partial charge in [-0.05, 0) is 68.2 Å². The summed E-state index contributed by atoms with van der Waals surface area (Å²) >= 11 is 0. The molecule has 1 aromatic rings. The summed E-state index contributed by atoms with van der Waals surface area (Å²) in [6, 6.07) is 10.7. The summed E-state index contributed by atoms with van der Waals surface area (Å²) in [6.45, 7) is 2.29. The van der Waals surface area contributed by atoms with E-state index in [2.05, 4.69) is 23.1 Å². The zero-order valence-electron chi connectivity index (χ0n) is 13.4. The Bertz CT molecular complexity index is 516. The van der Waals surface area contributed by atoms with E-state index in [1.165, 1.54) is 50.6 Å². The summed E-state index contributed by atoms with van der Waals surface area (Å²) in [7, 11) is 0. The first-order valence-corrected chi connectivity index (χ1v) is 8.77. The molecular weight excluding hydrogens is 270 g/mol. The van der Waals surface area contributed by atoms with Crippen molar-refractivity contribution < 1.29 is 0 Å². The van der Waals surface area contributed by atoms with Crippen molar-refractivity contribution in [1.29, 1.82) is 5.26 Å². The molecule has 118 valence electrons. The summed E-state index contributed by atoms with van der Waals surface area (Å²) in [4.78, 5) is 2.49. The minimum atomic E-state index is 0.430. The lowest BCUT2D eigenvalue weighted by atomic mass is 9.77. The second-order valence-electron chi connectivity index (χ2n) is 7.06. The second-order valence-corrected chi connectivity index (χ2v) is 7.06. The number of nitrogens with two attached hydrogens (primary N) is 1. The van der Waals surface area contributed by atoms with E-state index in [4.69, 9.17) is 11.0 Å². The van der Waals surface area contributed by atoms with Crippen LogP contribution in [-0.4, -0.2) is 19.1 Å². The molecule has 22 heavy (non-hydrogen) atoms. The van der Waals surface area contributed by atoms with E-state index in [1.807, 2.05) is 12.1 Å². The Kier molecular flexibility index (Phi) is 5.00. The van der Waals surface area contributed by atoms with Gasteiger partial charge in [0.2, 0.25) is 0 Å². The highest BCUT2D eigenvalue weighted by atomic mass is 15.1. The Hall–Kier alpha value is -1.53. The van der Waals surface area contributed by atoms with Crippen LogP contribution in [0.25, 0.3) is 0 Å². The molecule has 2 aliphatic rings. The molecule has 1 aromatic carbocycles. The van der Waals surface area contributed by atoms with Gasteiger partial charge in [0.1, 0.15) is 0 Å². The number of anilines is 1. The van der Waals surface area contributed by atoms with E-state index in [9.17, 15) is 0 Å². The topological polar surface area (TPSA) is 53.0 Å². The van der Waals surface area contributed by atoms with Gasteiger partial charge in [-0.15, -0.1) is 0 Å². The van der Waals surface area contributed by atoms with E-state index >= 15 is 0 Å². The highest BCUT2D eigenvalue weighted by molar-refractivity contribution is 5.50. The van der Waals surface area contributed by atoms with Crippen molar-refractivity contribution in [3.8, 4) is 6.07 Å². The highest BCUT2D eigenvalue weighted by Gasteiger charge is 2.27. The summed E-state index contributed by atoms with van der Waals surface area (Å²) in [5.74, 6) is 1.51. The van der Waals surface area contributed by atoms with Gasteiger partial charge in [-0.3, -0.25) is 0 Å². The SMILES string of the molecule is N#Cc1ccc(N2CCCC(C[C@@H]3CCCC[C@H]3N)C2)cc1. The third-order valence-corrected chi connectivity index (χ3v) is 5.48. The number of nitriles is 1. The molecule has 1 saturated carbocycles. The molecule has 0 bridgehead atoms. The highest BCUT2D eigenvalue weighted by Crippen LogP contribution is 2.33. The molecule has 3 atom stereocenters. The standard InChI is InChI=1S/C19H27N3/c20-13-15-7-9-18(10-8-15)22-11-3-4-16(14-22)12-17-5-1-2-6-19(17)21/h7-10,16-17,19H,1-6,11-12,14,21H2/t16?,17-,19+/m0/s1. The van der Waals surface area contributed by atoms with Crippen LogP contribution in [0.3, 0.4) is 0 Å². The Morgan fingerprint density at radius 2 is 1.86 bits per heavy atom. The average molecular weight is 297 g/mol. The number of nitrogens with zero attached hydrogens (tertiary/aromatic N) is 2. The number of hydrogen-bond acceptors (Lipinski definition) is 3. The van der Waals surface area contributed by atoms with Crippen LogP contribution in [0.15, 0.2) is 24.3 Å². The predicted molar refractivity (Wildman–Crippen MR) is 90.6 cm³/mol. The zero-order chi connectivity index (χ0) is 15.4. The van der Waals surface area contributed by atoms with Gasteiger partial charge in [0, 0.05) is 24.8 Å². The van der Waals surface area contributed by atoms with E-state index in [-0.39, 0.29) is 0 Å². The number of rotatable bonds is 3. The Morgan fingerprint density at radius 3 is 2.59 bits per heavy atom. The first-order valence-electron chi connectivity index (χ1n) is 8.77. The molecule has 0 amide bonds. The molecular formula is C19H27N3. The Balaban J connectivity index is 1.60. The van der Waals surface area contributed by atoms with E-state index < -0.39 is 0 Å². The van der Waals surface area contributed by atoms with Gasteiger partial charge < -0.3 is 10.6 Å². The van der Waals surface area contributed by atoms with Gasteiger partial charge in [0.15, 0.2) is 0 Å². The van der Waals surface area contributed by atoms with Gasteiger partial charge in [-0.2, -0.15) is 5.26 Å². The molecule has 0 aromatic heterocycles. The van der Waals surface area contributed by atoms with Crippen molar-refractivity contribution >= 4 is 5.69 Å². The second kappa shape index (κ2) is 7.15. The lowest BCUT2D eigenvalue weighted by molar-refractivity contribution is 0.237. The fourth-order valence-corrected chi connectivity index (χ4v) is 4.20. The lowest BCUT2D eigenvalue weighted by Gasteiger charge is -2.38. The normalized spacial score (nSPS) is 29.1. The Morgan fingerprint density at radius 1 is 1.09 bits per heavy atom. The molecule has 1 aliphatic heterocycles. The van der Waals surface area contributed by atoms with Crippen LogP contribution in [0.5, 0.6) is 0 Å². The maximum absolute atomic E-state index is 8.91. The first kappa shape index (κ1) is 15.4. The van der Waals surface area contributed by atoms with Gasteiger partial charge in [-0.1, -0.05) is 12.8 Å². The fraction of sp³-hybridized carbons (Fsp3) is 0.632. The molecule has 0 radical (unpaired) electrons. The monoisotopic (exact) mass is 297 g/mol. The first-order chi connectivity index (χ1) is 10.8. The van der Waals surface area contributed by atoms with Crippen LogP contribution in [-0.2, 0) is 0 Å². The molecule has 3 rings (SSSR count). The summed E-state index contributed by atoms with van der Waals surface area (Å²) < 4.78 is 0. The van der Waals surface area contributed by atoms with Gasteiger partial charge in [0.25, 0.3) is 0 Å². The molecule has 0 spiro atoms. The maximum Gasteiger partial charge on any atom is 0.0991 e. The third-order valence-electron chi connectivity index (χ3n) is 5.48. The molecule has 2 fully saturated rings. The van der Waals surface area contributed by atoms with Crippen molar-refractivity contribution in [1.82, 2.24) is 0 Å². The summed E-state index contributed by atoms with van der Waals surface area (Å²) in [5, 5.41) is 8.91. The van der Waals surface area contributed by atoms with Gasteiger partial charge >= 0.3 is 0 Å². The predicted octanol–water partition coefficient (Wildman–Crippen LogP) is 3.68. The van der Waals surface area contributed by atoms with Crippen LogP contribution >= 0.6 is 0 Å². The van der Waals surface area contributed by atoms with Crippen molar-refractivity contribution in [2.75, 3.05) is 18.0 Å². The summed E-state index contributed by atoms with van der Waals surface area (Å²) in [6.07, 6.45) is 9.14. The quantitative estimate of drug-likeness (QED) is 0.926. The van der Waals surface area contributed by atoms with Crippen LogP contribution in [0.4, 0.5) is 5.69 Å². The fourth-order valence-electron chi connectivity index (χ4n) is 4.20. The van der Waals surface area contributed by atoms with Crippen molar-refractivity contribution in [2.45, 2.75) is 51.0 Å². The van der Waals surface area contributed by atoms with E-state index in [1.54, 1.807) is 0 Å². The van der Waals surface area contributed by atoms with Crippen molar-refractivity contribution in [3.05, 3.63) is 29.8 Å². The lowest BCUT2D eigenvalue weighted by Crippen LogP contribution is -2.39. The van der Waals surface area contributed by atoms with Crippen LogP contribution in [0.1, 0.15) is 50.5 Å². The molecule has 3 heteroatoms. The molecule has 1 unspecified atom stereocenters.